The number of halogens is 1. The molecule has 0 amide bonds. The Morgan fingerprint density at radius 2 is 1.96 bits per heavy atom. The lowest BCUT2D eigenvalue weighted by molar-refractivity contribution is -0.155. The lowest BCUT2D eigenvalue weighted by atomic mass is 9.93. The molecule has 6 nitrogen and oxygen atoms in total. The van der Waals surface area contributed by atoms with Gasteiger partial charge in [0.1, 0.15) is 12.0 Å². The Bertz CT molecular complexity index is 598. The van der Waals surface area contributed by atoms with Gasteiger partial charge in [0.2, 0.25) is 0 Å². The Hall–Kier alpha value is -1.79. The fourth-order valence-electron chi connectivity index (χ4n) is 3.12. The second-order valence-corrected chi connectivity index (χ2v) is 6.87. The number of hydrogen-bond acceptors (Lipinski definition) is 6. The maximum absolute atomic E-state index is 12.4. The molecule has 1 heterocycles. The summed E-state index contributed by atoms with van der Waals surface area (Å²) in [6.45, 7) is 8.65. The van der Waals surface area contributed by atoms with Gasteiger partial charge in [-0.1, -0.05) is 13.8 Å². The molecule has 1 fully saturated rings. The molecule has 0 aromatic heterocycles. The number of anilines is 1. The first-order valence-corrected chi connectivity index (χ1v) is 8.86. The van der Waals surface area contributed by atoms with Crippen molar-refractivity contribution < 1.29 is 32.9 Å². The van der Waals surface area contributed by atoms with Crippen molar-refractivity contribution in [2.75, 3.05) is 32.0 Å². The molecule has 2 N–H and O–H groups in total. The highest BCUT2D eigenvalue weighted by molar-refractivity contribution is 5.90. The highest BCUT2D eigenvalue weighted by Crippen LogP contribution is 2.24. The van der Waals surface area contributed by atoms with E-state index in [2.05, 4.69) is 18.7 Å². The molecule has 0 bridgehead atoms. The Morgan fingerprint density at radius 1 is 1.31 bits per heavy atom. The minimum absolute atomic E-state index is 0. The van der Waals surface area contributed by atoms with Gasteiger partial charge in [0.05, 0.1) is 12.2 Å². The SMILES string of the molecule is CCOC(=O)C1CN(CC(C)C)CCC1OC(=O)c1ccc(N)cc1.[Cl-].[H+]. The van der Waals surface area contributed by atoms with E-state index >= 15 is 0 Å². The molecular weight excluding hydrogens is 356 g/mol. The van der Waals surface area contributed by atoms with Gasteiger partial charge in [-0.25, -0.2) is 4.79 Å². The zero-order valence-corrected chi connectivity index (χ0v) is 16.4. The summed E-state index contributed by atoms with van der Waals surface area (Å²) in [7, 11) is 0. The number of carbonyl (C=O) groups excluding carboxylic acids is 2. The maximum Gasteiger partial charge on any atom is 1.00 e. The van der Waals surface area contributed by atoms with Gasteiger partial charge in [-0.05, 0) is 43.5 Å². The Labute approximate surface area is 162 Å². The predicted molar refractivity (Wildman–Crippen MR) is 97.2 cm³/mol. The van der Waals surface area contributed by atoms with Gasteiger partial charge in [-0.3, -0.25) is 4.79 Å². The molecule has 2 unspecified atom stereocenters. The maximum atomic E-state index is 12.4. The molecule has 146 valence electrons. The Kier molecular flexibility index (Phi) is 8.88. The third-order valence-corrected chi connectivity index (χ3v) is 4.25. The third-order valence-electron chi connectivity index (χ3n) is 4.25. The van der Waals surface area contributed by atoms with Crippen LogP contribution in [0.25, 0.3) is 0 Å². The summed E-state index contributed by atoms with van der Waals surface area (Å²) in [5.74, 6) is -0.676. The van der Waals surface area contributed by atoms with Crippen molar-refractivity contribution in [2.45, 2.75) is 33.3 Å². The average Bonchev–Trinajstić information content (AvgIpc) is 2.56. The standard InChI is InChI=1S/C19H28N2O4.ClH/c1-4-24-19(23)16-12-21(11-13(2)3)10-9-17(16)25-18(22)14-5-7-15(20)8-6-14;/h5-8,13,16-17H,4,9-12,20H2,1-3H3;1H. The molecule has 0 spiro atoms. The minimum Gasteiger partial charge on any atom is -1.00 e. The third kappa shape index (κ3) is 6.18. The first kappa shape index (κ1) is 22.3. The van der Waals surface area contributed by atoms with Crippen molar-refractivity contribution in [3.63, 3.8) is 0 Å². The van der Waals surface area contributed by atoms with Crippen LogP contribution in [0.15, 0.2) is 24.3 Å². The topological polar surface area (TPSA) is 81.9 Å². The number of rotatable bonds is 6. The number of carbonyl (C=O) groups is 2. The minimum atomic E-state index is -0.465. The van der Waals surface area contributed by atoms with Gasteiger partial charge in [0.15, 0.2) is 0 Å². The molecule has 2 atom stereocenters. The van der Waals surface area contributed by atoms with E-state index in [1.165, 1.54) is 0 Å². The van der Waals surface area contributed by atoms with E-state index in [1.807, 2.05) is 0 Å². The normalized spacial score (nSPS) is 20.3. The van der Waals surface area contributed by atoms with Crippen molar-refractivity contribution in [3.8, 4) is 0 Å². The quantitative estimate of drug-likeness (QED) is 0.523. The van der Waals surface area contributed by atoms with Crippen LogP contribution in [0.2, 0.25) is 0 Å². The first-order chi connectivity index (χ1) is 11.9. The lowest BCUT2D eigenvalue weighted by Crippen LogP contribution is -3.00. The molecule has 26 heavy (non-hydrogen) atoms. The number of hydrogen-bond donors (Lipinski definition) is 1. The molecule has 7 heteroatoms. The van der Waals surface area contributed by atoms with E-state index in [1.54, 1.807) is 31.2 Å². The van der Waals surface area contributed by atoms with Gasteiger partial charge in [-0.15, -0.1) is 0 Å². The summed E-state index contributed by atoms with van der Waals surface area (Å²) >= 11 is 0. The van der Waals surface area contributed by atoms with Crippen LogP contribution in [-0.4, -0.2) is 49.2 Å². The van der Waals surface area contributed by atoms with Crippen LogP contribution in [0, 0.1) is 11.8 Å². The molecule has 1 aromatic carbocycles. The summed E-state index contributed by atoms with van der Waals surface area (Å²) in [4.78, 5) is 27.0. The van der Waals surface area contributed by atoms with E-state index in [9.17, 15) is 9.59 Å². The number of nitrogens with zero attached hydrogens (tertiary/aromatic N) is 1. The van der Waals surface area contributed by atoms with Crippen molar-refractivity contribution in [3.05, 3.63) is 29.8 Å². The number of esters is 2. The molecule has 1 aromatic rings. The number of ether oxygens (including phenoxy) is 2. The fourth-order valence-corrected chi connectivity index (χ4v) is 3.12. The fraction of sp³-hybridized carbons (Fsp3) is 0.579. The first-order valence-electron chi connectivity index (χ1n) is 8.86. The number of nitrogens with two attached hydrogens (primary N) is 1. The van der Waals surface area contributed by atoms with E-state index in [0.29, 0.717) is 36.7 Å². The van der Waals surface area contributed by atoms with Crippen LogP contribution in [0.4, 0.5) is 5.69 Å². The van der Waals surface area contributed by atoms with Crippen LogP contribution in [-0.2, 0) is 14.3 Å². The van der Waals surface area contributed by atoms with Crippen LogP contribution in [0.3, 0.4) is 0 Å². The summed E-state index contributed by atoms with van der Waals surface area (Å²) in [5, 5.41) is 0. The van der Waals surface area contributed by atoms with Crippen LogP contribution < -0.4 is 18.1 Å². The van der Waals surface area contributed by atoms with Gasteiger partial charge in [0.25, 0.3) is 0 Å². The number of nitrogen functional groups attached to an aromatic ring is 1. The summed E-state index contributed by atoms with van der Waals surface area (Å²) < 4.78 is 10.8. The average molecular weight is 385 g/mol. The van der Waals surface area contributed by atoms with Gasteiger partial charge < -0.3 is 32.5 Å². The number of benzene rings is 1. The van der Waals surface area contributed by atoms with Crippen LogP contribution >= 0.6 is 0 Å². The zero-order chi connectivity index (χ0) is 18.4. The lowest BCUT2D eigenvalue weighted by Gasteiger charge is -2.37. The number of likely N-dealkylation sites (tertiary alicyclic amines) is 1. The summed E-state index contributed by atoms with van der Waals surface area (Å²) in [6.07, 6.45) is 0.157. The van der Waals surface area contributed by atoms with Crippen molar-refractivity contribution in [1.29, 1.82) is 0 Å². The summed E-state index contributed by atoms with van der Waals surface area (Å²) in [6, 6.07) is 6.57. The number of piperidine rings is 1. The zero-order valence-electron chi connectivity index (χ0n) is 16.6. The Balaban J connectivity index is 0.00000338. The smallest absolute Gasteiger partial charge is 1.00 e. The predicted octanol–water partition coefficient (Wildman–Crippen LogP) is -0.548. The van der Waals surface area contributed by atoms with Crippen molar-refractivity contribution in [1.82, 2.24) is 4.90 Å². The van der Waals surface area contributed by atoms with Crippen LogP contribution in [0.1, 0.15) is 39.0 Å². The Morgan fingerprint density at radius 3 is 2.54 bits per heavy atom. The van der Waals surface area contributed by atoms with Crippen molar-refractivity contribution >= 4 is 17.6 Å². The molecule has 2 rings (SSSR count). The van der Waals surface area contributed by atoms with E-state index in [4.69, 9.17) is 15.2 Å². The molecule has 1 aliphatic heterocycles. The monoisotopic (exact) mass is 384 g/mol. The molecule has 1 aliphatic rings. The molecule has 0 aliphatic carbocycles. The molecule has 1 saturated heterocycles. The van der Waals surface area contributed by atoms with Gasteiger partial charge in [-0.2, -0.15) is 0 Å². The summed E-state index contributed by atoms with van der Waals surface area (Å²) in [5.41, 5.74) is 6.66. The van der Waals surface area contributed by atoms with Crippen LogP contribution in [0.5, 0.6) is 0 Å². The molecular formula is C19H29ClN2O4. The van der Waals surface area contributed by atoms with E-state index in [0.717, 1.165) is 13.1 Å². The van der Waals surface area contributed by atoms with Gasteiger partial charge in [0, 0.05) is 25.3 Å². The van der Waals surface area contributed by atoms with E-state index in [-0.39, 0.29) is 19.8 Å². The molecule has 0 saturated carbocycles. The highest BCUT2D eigenvalue weighted by Gasteiger charge is 2.38. The highest BCUT2D eigenvalue weighted by atomic mass is 35.5. The van der Waals surface area contributed by atoms with E-state index < -0.39 is 18.0 Å². The molecule has 0 radical (unpaired) electrons. The second kappa shape index (κ2) is 10.4. The largest absolute Gasteiger partial charge is 1.00 e. The van der Waals surface area contributed by atoms with Crippen molar-refractivity contribution in [2.24, 2.45) is 11.8 Å². The van der Waals surface area contributed by atoms with Gasteiger partial charge >= 0.3 is 13.4 Å². The second-order valence-electron chi connectivity index (χ2n) is 6.87.